The van der Waals surface area contributed by atoms with E-state index in [1.54, 1.807) is 6.07 Å². The lowest BCUT2D eigenvalue weighted by Gasteiger charge is -2.09. The largest absolute Gasteiger partial charge is 0.384 e. The second-order valence-corrected chi connectivity index (χ2v) is 4.93. The lowest BCUT2D eigenvalue weighted by molar-refractivity contribution is -0.384. The second kappa shape index (κ2) is 6.39. The average molecular weight is 291 g/mol. The van der Waals surface area contributed by atoms with E-state index in [1.165, 1.54) is 23.3 Å². The van der Waals surface area contributed by atoms with Gasteiger partial charge in [-0.05, 0) is 30.5 Å². The molecule has 1 N–H and O–H groups in total. The van der Waals surface area contributed by atoms with Crippen LogP contribution in [0.1, 0.15) is 11.1 Å². The number of hydrogen-bond donors (Lipinski definition) is 1. The van der Waals surface area contributed by atoms with E-state index in [9.17, 15) is 10.1 Å². The molecule has 0 radical (unpaired) electrons. The van der Waals surface area contributed by atoms with Gasteiger partial charge in [0, 0.05) is 18.7 Å². The van der Waals surface area contributed by atoms with E-state index in [-0.39, 0.29) is 5.69 Å². The van der Waals surface area contributed by atoms with E-state index >= 15 is 0 Å². The Morgan fingerprint density at radius 2 is 2.00 bits per heavy atom. The number of nitrogens with zero attached hydrogens (tertiary/aromatic N) is 1. The highest BCUT2D eigenvalue weighted by atomic mass is 35.5. The third-order valence-electron chi connectivity index (χ3n) is 3.13. The van der Waals surface area contributed by atoms with E-state index in [0.717, 1.165) is 13.0 Å². The quantitative estimate of drug-likeness (QED) is 0.663. The lowest BCUT2D eigenvalue weighted by Crippen LogP contribution is -2.06. The Bertz CT molecular complexity index is 629. The number of halogens is 1. The summed E-state index contributed by atoms with van der Waals surface area (Å²) in [5.41, 5.74) is 3.24. The molecule has 5 heteroatoms. The van der Waals surface area contributed by atoms with Crippen LogP contribution in [0.15, 0.2) is 42.5 Å². The number of nitro groups is 1. The normalized spacial score (nSPS) is 10.3. The van der Waals surface area contributed by atoms with Crippen molar-refractivity contribution >= 4 is 23.0 Å². The van der Waals surface area contributed by atoms with Gasteiger partial charge in [-0.2, -0.15) is 0 Å². The van der Waals surface area contributed by atoms with Crippen LogP contribution in [0.4, 0.5) is 11.4 Å². The van der Waals surface area contributed by atoms with Gasteiger partial charge in [0.2, 0.25) is 0 Å². The van der Waals surface area contributed by atoms with E-state index in [2.05, 4.69) is 24.4 Å². The molecule has 0 amide bonds. The molecule has 0 heterocycles. The summed E-state index contributed by atoms with van der Waals surface area (Å²) in [5.74, 6) is 0. The maximum Gasteiger partial charge on any atom is 0.271 e. The molecule has 0 unspecified atom stereocenters. The molecule has 2 rings (SSSR count). The predicted molar refractivity (Wildman–Crippen MR) is 81.5 cm³/mol. The summed E-state index contributed by atoms with van der Waals surface area (Å²) in [6.45, 7) is 2.80. The molecule has 0 aliphatic carbocycles. The summed E-state index contributed by atoms with van der Waals surface area (Å²) < 4.78 is 0. The first-order chi connectivity index (χ1) is 9.58. The fourth-order valence-electron chi connectivity index (χ4n) is 1.98. The number of aryl methyl sites for hydroxylation is 1. The Morgan fingerprint density at radius 3 is 2.65 bits per heavy atom. The highest BCUT2D eigenvalue weighted by molar-refractivity contribution is 6.33. The zero-order valence-electron chi connectivity index (χ0n) is 11.1. The second-order valence-electron chi connectivity index (χ2n) is 4.52. The topological polar surface area (TPSA) is 55.2 Å². The number of anilines is 1. The van der Waals surface area contributed by atoms with Crippen molar-refractivity contribution in [2.24, 2.45) is 0 Å². The van der Waals surface area contributed by atoms with Gasteiger partial charge in [0.15, 0.2) is 0 Å². The summed E-state index contributed by atoms with van der Waals surface area (Å²) in [6.07, 6.45) is 0.875. The minimum Gasteiger partial charge on any atom is -0.384 e. The number of non-ortho nitro benzene ring substituents is 1. The summed E-state index contributed by atoms with van der Waals surface area (Å²) >= 11 is 6.02. The van der Waals surface area contributed by atoms with Gasteiger partial charge in [0.1, 0.15) is 0 Å². The first-order valence-electron chi connectivity index (χ1n) is 6.30. The van der Waals surface area contributed by atoms with Gasteiger partial charge in [-0.1, -0.05) is 35.9 Å². The average Bonchev–Trinajstić information content (AvgIpc) is 2.42. The van der Waals surface area contributed by atoms with Gasteiger partial charge < -0.3 is 5.32 Å². The van der Waals surface area contributed by atoms with Crippen molar-refractivity contribution in [2.75, 3.05) is 11.9 Å². The molecule has 20 heavy (non-hydrogen) atoms. The van der Waals surface area contributed by atoms with Crippen LogP contribution < -0.4 is 5.32 Å². The predicted octanol–water partition coefficient (Wildman–Crippen LogP) is 4.21. The smallest absolute Gasteiger partial charge is 0.271 e. The zero-order valence-corrected chi connectivity index (χ0v) is 11.9. The molecule has 0 aliphatic rings. The minimum absolute atomic E-state index is 0.000506. The molecule has 0 aliphatic heterocycles. The van der Waals surface area contributed by atoms with Crippen molar-refractivity contribution in [2.45, 2.75) is 13.3 Å². The Morgan fingerprint density at radius 1 is 1.25 bits per heavy atom. The van der Waals surface area contributed by atoms with Gasteiger partial charge >= 0.3 is 0 Å². The third-order valence-corrected chi connectivity index (χ3v) is 3.45. The third kappa shape index (κ3) is 3.48. The molecule has 0 aromatic heterocycles. The standard InChI is InChI=1S/C15H15ClN2O2/c1-11-4-2-3-5-12(11)8-9-17-15-7-6-13(18(19)20)10-14(15)16/h2-7,10,17H,8-9H2,1H3. The Kier molecular flexibility index (Phi) is 4.58. The fraction of sp³-hybridized carbons (Fsp3) is 0.200. The molecule has 0 saturated carbocycles. The maximum atomic E-state index is 10.6. The highest BCUT2D eigenvalue weighted by Crippen LogP contribution is 2.26. The molecule has 0 atom stereocenters. The van der Waals surface area contributed by atoms with Crippen molar-refractivity contribution in [1.82, 2.24) is 0 Å². The maximum absolute atomic E-state index is 10.6. The van der Waals surface area contributed by atoms with Gasteiger partial charge in [-0.3, -0.25) is 10.1 Å². The summed E-state index contributed by atoms with van der Waals surface area (Å²) in [7, 11) is 0. The van der Waals surface area contributed by atoms with Crippen LogP contribution in [0.3, 0.4) is 0 Å². The summed E-state index contributed by atoms with van der Waals surface area (Å²) in [6, 6.07) is 12.6. The molecular weight excluding hydrogens is 276 g/mol. The van der Waals surface area contributed by atoms with Crippen LogP contribution >= 0.6 is 11.6 Å². The van der Waals surface area contributed by atoms with Crippen molar-refractivity contribution in [3.8, 4) is 0 Å². The van der Waals surface area contributed by atoms with Crippen molar-refractivity contribution in [1.29, 1.82) is 0 Å². The minimum atomic E-state index is -0.455. The molecule has 4 nitrogen and oxygen atoms in total. The molecule has 0 bridgehead atoms. The van der Waals surface area contributed by atoms with Gasteiger partial charge in [0.25, 0.3) is 5.69 Å². The summed E-state index contributed by atoms with van der Waals surface area (Å²) in [4.78, 5) is 10.2. The van der Waals surface area contributed by atoms with Gasteiger partial charge in [-0.25, -0.2) is 0 Å². The first kappa shape index (κ1) is 14.3. The SMILES string of the molecule is Cc1ccccc1CCNc1ccc([N+](=O)[O-])cc1Cl. The van der Waals surface area contributed by atoms with Crippen LogP contribution in [0.25, 0.3) is 0 Å². The number of benzene rings is 2. The fourth-order valence-corrected chi connectivity index (χ4v) is 2.22. The van der Waals surface area contributed by atoms with E-state index in [4.69, 9.17) is 11.6 Å². The van der Waals surface area contributed by atoms with Gasteiger partial charge in [-0.15, -0.1) is 0 Å². The molecule has 0 fully saturated rings. The summed E-state index contributed by atoms with van der Waals surface area (Å²) in [5, 5.41) is 14.2. The molecule has 104 valence electrons. The molecule has 0 saturated heterocycles. The Hall–Kier alpha value is -2.07. The Labute approximate surface area is 122 Å². The van der Waals surface area contributed by atoms with Crippen molar-refractivity contribution in [3.05, 3.63) is 68.7 Å². The van der Waals surface area contributed by atoms with E-state index in [1.807, 2.05) is 12.1 Å². The first-order valence-corrected chi connectivity index (χ1v) is 6.68. The number of nitrogens with one attached hydrogen (secondary N) is 1. The molecular formula is C15H15ClN2O2. The Balaban J connectivity index is 1.98. The van der Waals surface area contributed by atoms with Gasteiger partial charge in [0.05, 0.1) is 15.6 Å². The highest BCUT2D eigenvalue weighted by Gasteiger charge is 2.09. The van der Waals surface area contributed by atoms with Crippen LogP contribution in [0.2, 0.25) is 5.02 Å². The number of rotatable bonds is 5. The lowest BCUT2D eigenvalue weighted by atomic mass is 10.1. The van der Waals surface area contributed by atoms with Crippen LogP contribution in [0, 0.1) is 17.0 Å². The molecule has 2 aromatic carbocycles. The monoisotopic (exact) mass is 290 g/mol. The van der Waals surface area contributed by atoms with Crippen molar-refractivity contribution in [3.63, 3.8) is 0 Å². The van der Waals surface area contributed by atoms with E-state index < -0.39 is 4.92 Å². The van der Waals surface area contributed by atoms with Crippen LogP contribution in [0.5, 0.6) is 0 Å². The van der Waals surface area contributed by atoms with Crippen molar-refractivity contribution < 1.29 is 4.92 Å². The number of nitro benzene ring substituents is 1. The molecule has 0 spiro atoms. The zero-order chi connectivity index (χ0) is 14.5. The molecule has 2 aromatic rings. The number of hydrogen-bond acceptors (Lipinski definition) is 3. The van der Waals surface area contributed by atoms with Crippen LogP contribution in [-0.2, 0) is 6.42 Å². The van der Waals surface area contributed by atoms with E-state index in [0.29, 0.717) is 10.7 Å². The van der Waals surface area contributed by atoms with Crippen LogP contribution in [-0.4, -0.2) is 11.5 Å².